The van der Waals surface area contributed by atoms with Crippen LogP contribution in [0.5, 0.6) is 5.75 Å². The number of carbonyl (C=O) groups is 1. The van der Waals surface area contributed by atoms with Crippen LogP contribution in [0.3, 0.4) is 0 Å². The van der Waals surface area contributed by atoms with E-state index in [1.807, 2.05) is 6.07 Å². The molecule has 1 aliphatic rings. The molecule has 14 heavy (non-hydrogen) atoms. The highest BCUT2D eigenvalue weighted by Crippen LogP contribution is 2.28. The molecule has 0 fully saturated rings. The molecule has 3 nitrogen and oxygen atoms in total. The van der Waals surface area contributed by atoms with Gasteiger partial charge in [0.25, 0.3) is 0 Å². The van der Waals surface area contributed by atoms with Gasteiger partial charge >= 0.3 is 0 Å². The van der Waals surface area contributed by atoms with Crippen molar-refractivity contribution in [2.75, 3.05) is 0 Å². The van der Waals surface area contributed by atoms with Crippen molar-refractivity contribution in [3.63, 3.8) is 0 Å². The Morgan fingerprint density at radius 3 is 2.79 bits per heavy atom. The monoisotopic (exact) mass is 192 g/mol. The van der Waals surface area contributed by atoms with Crippen LogP contribution in [0.2, 0.25) is 0 Å². The predicted molar refractivity (Wildman–Crippen MR) is 51.0 cm³/mol. The molecule has 0 aliphatic carbocycles. The van der Waals surface area contributed by atoms with Crippen molar-refractivity contribution in [3.05, 3.63) is 28.8 Å². The Morgan fingerprint density at radius 1 is 1.36 bits per heavy atom. The summed E-state index contributed by atoms with van der Waals surface area (Å²) in [7, 11) is 0. The number of aryl methyl sites for hydroxylation is 1. The van der Waals surface area contributed by atoms with Crippen molar-refractivity contribution in [2.24, 2.45) is 0 Å². The Bertz CT molecular complexity index is 358. The van der Waals surface area contributed by atoms with Gasteiger partial charge in [0.1, 0.15) is 12.0 Å². The second-order valence-corrected chi connectivity index (χ2v) is 3.45. The third-order valence-corrected chi connectivity index (χ3v) is 2.45. The van der Waals surface area contributed by atoms with Crippen LogP contribution in [0.4, 0.5) is 0 Å². The van der Waals surface area contributed by atoms with Gasteiger partial charge in [0.2, 0.25) is 0 Å². The molecular weight excluding hydrogens is 180 g/mol. The van der Waals surface area contributed by atoms with Gasteiger partial charge in [0, 0.05) is 6.42 Å². The minimum absolute atomic E-state index is 0.274. The van der Waals surface area contributed by atoms with Gasteiger partial charge in [-0.1, -0.05) is 0 Å². The topological polar surface area (TPSA) is 46.5 Å². The predicted octanol–water partition coefficient (Wildman–Crippen LogP) is 1.55. The molecule has 0 radical (unpaired) electrons. The Balaban J connectivity index is 2.27. The van der Waals surface area contributed by atoms with Crippen LogP contribution in [0, 0.1) is 0 Å². The standard InChI is InChI=1S/C11H12O3/c12-3-1-2-8-4-9-6-14-7-10(9)5-11(8)13/h3-5,13H,1-2,6-7H2. The van der Waals surface area contributed by atoms with Crippen molar-refractivity contribution in [1.29, 1.82) is 0 Å². The summed E-state index contributed by atoms with van der Waals surface area (Å²) < 4.78 is 5.25. The van der Waals surface area contributed by atoms with Crippen LogP contribution in [-0.2, 0) is 29.2 Å². The Morgan fingerprint density at radius 2 is 2.07 bits per heavy atom. The molecule has 1 aromatic rings. The first kappa shape index (κ1) is 9.21. The molecule has 0 atom stereocenters. The number of phenols is 1. The van der Waals surface area contributed by atoms with Gasteiger partial charge in [-0.25, -0.2) is 0 Å². The van der Waals surface area contributed by atoms with Gasteiger partial charge in [0.05, 0.1) is 13.2 Å². The fourth-order valence-electron chi connectivity index (χ4n) is 1.68. The van der Waals surface area contributed by atoms with E-state index in [4.69, 9.17) is 4.74 Å². The maximum absolute atomic E-state index is 10.2. The third-order valence-electron chi connectivity index (χ3n) is 2.45. The smallest absolute Gasteiger partial charge is 0.120 e. The lowest BCUT2D eigenvalue weighted by atomic mass is 10.0. The summed E-state index contributed by atoms with van der Waals surface area (Å²) in [4.78, 5) is 10.2. The summed E-state index contributed by atoms with van der Waals surface area (Å²) in [6.45, 7) is 1.19. The lowest BCUT2D eigenvalue weighted by Gasteiger charge is -2.05. The third kappa shape index (κ3) is 1.63. The second-order valence-electron chi connectivity index (χ2n) is 3.45. The normalized spacial score (nSPS) is 14.0. The van der Waals surface area contributed by atoms with Gasteiger partial charge in [0.15, 0.2) is 0 Å². The van der Waals surface area contributed by atoms with Crippen molar-refractivity contribution in [2.45, 2.75) is 26.1 Å². The molecule has 0 saturated carbocycles. The molecule has 1 aliphatic heterocycles. The van der Waals surface area contributed by atoms with Crippen LogP contribution in [0.1, 0.15) is 23.1 Å². The van der Waals surface area contributed by atoms with Gasteiger partial charge < -0.3 is 14.6 Å². The van der Waals surface area contributed by atoms with Crippen LogP contribution in [-0.4, -0.2) is 11.4 Å². The first-order chi connectivity index (χ1) is 6.81. The van der Waals surface area contributed by atoms with Crippen molar-refractivity contribution < 1.29 is 14.6 Å². The minimum atomic E-state index is 0.274. The van der Waals surface area contributed by atoms with Crippen molar-refractivity contribution >= 4 is 6.29 Å². The fourth-order valence-corrected chi connectivity index (χ4v) is 1.68. The SMILES string of the molecule is O=CCCc1cc2c(cc1O)COC2. The quantitative estimate of drug-likeness (QED) is 0.739. The maximum Gasteiger partial charge on any atom is 0.120 e. The summed E-state index contributed by atoms with van der Waals surface area (Å²) in [5, 5.41) is 9.63. The van der Waals surface area contributed by atoms with E-state index >= 15 is 0 Å². The number of phenolic OH excluding ortho intramolecular Hbond substituents is 1. The van der Waals surface area contributed by atoms with E-state index in [1.54, 1.807) is 6.07 Å². The lowest BCUT2D eigenvalue weighted by Crippen LogP contribution is -1.91. The lowest BCUT2D eigenvalue weighted by molar-refractivity contribution is -0.107. The fraction of sp³-hybridized carbons (Fsp3) is 0.364. The van der Waals surface area contributed by atoms with Crippen LogP contribution in [0.15, 0.2) is 12.1 Å². The van der Waals surface area contributed by atoms with Crippen LogP contribution in [0.25, 0.3) is 0 Å². The van der Waals surface area contributed by atoms with Gasteiger partial charge in [-0.05, 0) is 35.2 Å². The number of rotatable bonds is 3. The zero-order valence-electron chi connectivity index (χ0n) is 7.82. The molecule has 0 spiro atoms. The van der Waals surface area contributed by atoms with Gasteiger partial charge in [-0.15, -0.1) is 0 Å². The first-order valence-electron chi connectivity index (χ1n) is 4.66. The molecule has 1 N–H and O–H groups in total. The zero-order chi connectivity index (χ0) is 9.97. The molecule has 3 heteroatoms. The molecular formula is C11H12O3. The molecule has 0 saturated heterocycles. The van der Waals surface area contributed by atoms with Crippen molar-refractivity contribution in [3.8, 4) is 5.75 Å². The Hall–Kier alpha value is -1.35. The first-order valence-corrected chi connectivity index (χ1v) is 4.66. The molecule has 0 bridgehead atoms. The minimum Gasteiger partial charge on any atom is -0.508 e. The molecule has 0 unspecified atom stereocenters. The second kappa shape index (κ2) is 3.80. The van der Waals surface area contributed by atoms with E-state index in [9.17, 15) is 9.90 Å². The number of carbonyl (C=O) groups excluding carboxylic acids is 1. The Labute approximate surface area is 82.3 Å². The summed E-state index contributed by atoms with van der Waals surface area (Å²) in [5.41, 5.74) is 3.02. The summed E-state index contributed by atoms with van der Waals surface area (Å²) in [5.74, 6) is 0.274. The largest absolute Gasteiger partial charge is 0.508 e. The summed E-state index contributed by atoms with van der Waals surface area (Å²) in [6, 6.07) is 3.67. The molecule has 74 valence electrons. The number of hydrogen-bond donors (Lipinski definition) is 1. The number of fused-ring (bicyclic) bond motifs is 1. The Kier molecular flexibility index (Phi) is 2.50. The molecule has 1 heterocycles. The van der Waals surface area contributed by atoms with Crippen LogP contribution < -0.4 is 0 Å². The van der Waals surface area contributed by atoms with E-state index < -0.39 is 0 Å². The average molecular weight is 192 g/mol. The molecule has 0 aromatic heterocycles. The van der Waals surface area contributed by atoms with E-state index in [0.717, 1.165) is 23.0 Å². The molecule has 0 amide bonds. The van der Waals surface area contributed by atoms with E-state index in [-0.39, 0.29) is 5.75 Å². The number of ether oxygens (including phenoxy) is 1. The van der Waals surface area contributed by atoms with Gasteiger partial charge in [-0.3, -0.25) is 0 Å². The van der Waals surface area contributed by atoms with Crippen molar-refractivity contribution in [1.82, 2.24) is 0 Å². The van der Waals surface area contributed by atoms with E-state index in [2.05, 4.69) is 0 Å². The highest BCUT2D eigenvalue weighted by molar-refractivity contribution is 5.51. The summed E-state index contributed by atoms with van der Waals surface area (Å²) in [6.07, 6.45) is 1.92. The highest BCUT2D eigenvalue weighted by atomic mass is 16.5. The van der Waals surface area contributed by atoms with E-state index in [1.165, 1.54) is 0 Å². The van der Waals surface area contributed by atoms with Crippen LogP contribution >= 0.6 is 0 Å². The molecule has 1 aromatic carbocycles. The van der Waals surface area contributed by atoms with E-state index in [0.29, 0.717) is 26.1 Å². The zero-order valence-corrected chi connectivity index (χ0v) is 7.82. The number of benzene rings is 1. The summed E-state index contributed by atoms with van der Waals surface area (Å²) >= 11 is 0. The number of aromatic hydroxyl groups is 1. The highest BCUT2D eigenvalue weighted by Gasteiger charge is 2.14. The maximum atomic E-state index is 10.2. The van der Waals surface area contributed by atoms with Gasteiger partial charge in [-0.2, -0.15) is 0 Å². The average Bonchev–Trinajstić information content (AvgIpc) is 2.61. The molecule has 2 rings (SSSR count). The number of aldehydes is 1. The number of hydrogen-bond acceptors (Lipinski definition) is 3.